The number of anilines is 1. The van der Waals surface area contributed by atoms with Crippen LogP contribution in [0, 0.1) is 0 Å². The predicted molar refractivity (Wildman–Crippen MR) is 77.9 cm³/mol. The van der Waals surface area contributed by atoms with E-state index in [1.807, 2.05) is 35.2 Å². The van der Waals surface area contributed by atoms with E-state index in [-0.39, 0.29) is 11.9 Å². The zero-order valence-corrected chi connectivity index (χ0v) is 11.3. The Morgan fingerprint density at radius 1 is 1.10 bits per heavy atom. The van der Waals surface area contributed by atoms with E-state index in [2.05, 4.69) is 5.32 Å². The summed E-state index contributed by atoms with van der Waals surface area (Å²) in [5.74, 6) is 0.334. The van der Waals surface area contributed by atoms with Gasteiger partial charge in [-0.05, 0) is 50.2 Å². The highest BCUT2D eigenvalue weighted by Gasteiger charge is 2.28. The number of hydrogen-bond acceptors (Lipinski definition) is 3. The largest absolute Gasteiger partial charge is 0.459 e. The number of furan rings is 1. The fraction of sp³-hybridized carbons (Fsp3) is 0.312. The molecule has 0 atom stereocenters. The second kappa shape index (κ2) is 5.92. The first kappa shape index (κ1) is 12.9. The van der Waals surface area contributed by atoms with Crippen LogP contribution in [0.5, 0.6) is 0 Å². The minimum atomic E-state index is -0.0619. The van der Waals surface area contributed by atoms with Crippen molar-refractivity contribution in [1.29, 1.82) is 0 Å². The summed E-state index contributed by atoms with van der Waals surface area (Å²) in [5.41, 5.74) is 0.931. The van der Waals surface area contributed by atoms with Crippen LogP contribution in [-0.4, -0.2) is 25.0 Å². The van der Waals surface area contributed by atoms with Crippen molar-refractivity contribution in [1.82, 2.24) is 5.32 Å². The normalized spacial score (nSPS) is 16.0. The molecule has 4 heteroatoms. The predicted octanol–water partition coefficient (Wildman–Crippen LogP) is 2.68. The minimum Gasteiger partial charge on any atom is -0.459 e. The van der Waals surface area contributed by atoms with Crippen molar-refractivity contribution in [2.24, 2.45) is 0 Å². The van der Waals surface area contributed by atoms with Gasteiger partial charge in [-0.1, -0.05) is 18.2 Å². The van der Waals surface area contributed by atoms with Crippen molar-refractivity contribution in [3.63, 3.8) is 0 Å². The summed E-state index contributed by atoms with van der Waals surface area (Å²) in [6.07, 6.45) is 3.46. The molecule has 1 aliphatic rings. The van der Waals surface area contributed by atoms with E-state index in [1.54, 1.807) is 18.4 Å². The molecule has 2 aromatic rings. The fourth-order valence-electron chi connectivity index (χ4n) is 2.67. The van der Waals surface area contributed by atoms with Crippen LogP contribution in [0.15, 0.2) is 53.1 Å². The molecule has 20 heavy (non-hydrogen) atoms. The van der Waals surface area contributed by atoms with Gasteiger partial charge < -0.3 is 14.6 Å². The third kappa shape index (κ3) is 2.60. The molecule has 0 unspecified atom stereocenters. The molecule has 1 saturated heterocycles. The smallest absolute Gasteiger partial charge is 0.294 e. The Morgan fingerprint density at radius 2 is 1.85 bits per heavy atom. The zero-order valence-electron chi connectivity index (χ0n) is 11.3. The average molecular weight is 270 g/mol. The SMILES string of the molecule is O=C(c1ccco1)N(c1ccccc1)C1CCNCC1. The van der Waals surface area contributed by atoms with Gasteiger partial charge in [0.15, 0.2) is 5.76 Å². The van der Waals surface area contributed by atoms with Crippen LogP contribution in [0.25, 0.3) is 0 Å². The van der Waals surface area contributed by atoms with Crippen LogP contribution >= 0.6 is 0 Å². The Kier molecular flexibility index (Phi) is 3.83. The monoisotopic (exact) mass is 270 g/mol. The Hall–Kier alpha value is -2.07. The van der Waals surface area contributed by atoms with Crippen molar-refractivity contribution < 1.29 is 9.21 Å². The number of nitrogens with one attached hydrogen (secondary N) is 1. The van der Waals surface area contributed by atoms with Gasteiger partial charge in [-0.3, -0.25) is 4.79 Å². The summed E-state index contributed by atoms with van der Waals surface area (Å²) in [6, 6.07) is 13.5. The van der Waals surface area contributed by atoms with Crippen molar-refractivity contribution in [3.8, 4) is 0 Å². The lowest BCUT2D eigenvalue weighted by atomic mass is 10.0. The molecule has 0 saturated carbocycles. The molecule has 104 valence electrons. The number of rotatable bonds is 3. The van der Waals surface area contributed by atoms with Gasteiger partial charge >= 0.3 is 0 Å². The lowest BCUT2D eigenvalue weighted by molar-refractivity contribution is 0.0945. The van der Waals surface area contributed by atoms with Gasteiger partial charge in [-0.2, -0.15) is 0 Å². The lowest BCUT2D eigenvalue weighted by Crippen LogP contribution is -2.46. The van der Waals surface area contributed by atoms with Crippen LogP contribution in [-0.2, 0) is 0 Å². The first-order valence-corrected chi connectivity index (χ1v) is 6.99. The molecule has 0 aliphatic carbocycles. The number of benzene rings is 1. The maximum Gasteiger partial charge on any atom is 0.294 e. The average Bonchev–Trinajstić information content (AvgIpc) is 3.04. The van der Waals surface area contributed by atoms with Gasteiger partial charge in [0.2, 0.25) is 0 Å². The summed E-state index contributed by atoms with van der Waals surface area (Å²) < 4.78 is 5.28. The molecule has 3 rings (SSSR count). The first-order chi connectivity index (χ1) is 9.86. The molecule has 0 spiro atoms. The summed E-state index contributed by atoms with van der Waals surface area (Å²) in [6.45, 7) is 1.89. The van der Waals surface area contributed by atoms with Gasteiger partial charge in [0, 0.05) is 11.7 Å². The van der Waals surface area contributed by atoms with Crippen LogP contribution < -0.4 is 10.2 Å². The maximum absolute atomic E-state index is 12.7. The standard InChI is InChI=1S/C16H18N2O2/c19-16(15-7-4-12-20-15)18(13-5-2-1-3-6-13)14-8-10-17-11-9-14/h1-7,12,14,17H,8-11H2. The number of piperidine rings is 1. The molecular weight excluding hydrogens is 252 g/mol. The van der Waals surface area contributed by atoms with E-state index in [4.69, 9.17) is 4.42 Å². The third-order valence-corrected chi connectivity index (χ3v) is 3.66. The number of nitrogens with zero attached hydrogens (tertiary/aromatic N) is 1. The van der Waals surface area contributed by atoms with Gasteiger partial charge in [0.1, 0.15) is 0 Å². The van der Waals surface area contributed by atoms with Gasteiger partial charge in [-0.25, -0.2) is 0 Å². The zero-order chi connectivity index (χ0) is 13.8. The molecule has 2 heterocycles. The van der Waals surface area contributed by atoms with Crippen LogP contribution in [0.4, 0.5) is 5.69 Å². The number of amides is 1. The van der Waals surface area contributed by atoms with Crippen molar-refractivity contribution in [3.05, 3.63) is 54.5 Å². The van der Waals surface area contributed by atoms with Crippen LogP contribution in [0.2, 0.25) is 0 Å². The molecule has 1 aromatic heterocycles. The fourth-order valence-corrected chi connectivity index (χ4v) is 2.67. The van der Waals surface area contributed by atoms with Gasteiger partial charge in [-0.15, -0.1) is 0 Å². The molecular formula is C16H18N2O2. The van der Waals surface area contributed by atoms with Crippen LogP contribution in [0.1, 0.15) is 23.4 Å². The number of carbonyl (C=O) groups excluding carboxylic acids is 1. The number of hydrogen-bond donors (Lipinski definition) is 1. The summed E-state index contributed by atoms with van der Waals surface area (Å²) in [4.78, 5) is 14.6. The molecule has 1 N–H and O–H groups in total. The summed E-state index contributed by atoms with van der Waals surface area (Å²) >= 11 is 0. The molecule has 1 amide bonds. The van der Waals surface area contributed by atoms with Crippen molar-refractivity contribution in [2.45, 2.75) is 18.9 Å². The van der Waals surface area contributed by atoms with E-state index in [9.17, 15) is 4.79 Å². The highest BCUT2D eigenvalue weighted by atomic mass is 16.3. The van der Waals surface area contributed by atoms with Crippen molar-refractivity contribution in [2.75, 3.05) is 18.0 Å². The third-order valence-electron chi connectivity index (χ3n) is 3.66. The van der Waals surface area contributed by atoms with Gasteiger partial charge in [0.25, 0.3) is 5.91 Å². The Morgan fingerprint density at radius 3 is 2.50 bits per heavy atom. The second-order valence-corrected chi connectivity index (χ2v) is 4.97. The summed E-state index contributed by atoms with van der Waals surface area (Å²) in [5, 5.41) is 3.33. The second-order valence-electron chi connectivity index (χ2n) is 4.97. The van der Waals surface area contributed by atoms with E-state index in [1.165, 1.54) is 0 Å². The molecule has 0 radical (unpaired) electrons. The molecule has 1 aromatic carbocycles. The summed E-state index contributed by atoms with van der Waals surface area (Å²) in [7, 11) is 0. The Labute approximate surface area is 118 Å². The molecule has 1 aliphatic heterocycles. The lowest BCUT2D eigenvalue weighted by Gasteiger charge is -2.34. The first-order valence-electron chi connectivity index (χ1n) is 6.99. The highest BCUT2D eigenvalue weighted by molar-refractivity contribution is 6.04. The van der Waals surface area contributed by atoms with Gasteiger partial charge in [0.05, 0.1) is 6.26 Å². The minimum absolute atomic E-state index is 0.0619. The van der Waals surface area contributed by atoms with E-state index in [0.717, 1.165) is 31.6 Å². The van der Waals surface area contributed by atoms with E-state index < -0.39 is 0 Å². The molecule has 4 nitrogen and oxygen atoms in total. The Bertz CT molecular complexity index is 545. The maximum atomic E-state index is 12.7. The van der Waals surface area contributed by atoms with E-state index in [0.29, 0.717) is 5.76 Å². The highest BCUT2D eigenvalue weighted by Crippen LogP contribution is 2.24. The quantitative estimate of drug-likeness (QED) is 0.932. The number of para-hydroxylation sites is 1. The molecule has 1 fully saturated rings. The van der Waals surface area contributed by atoms with E-state index >= 15 is 0 Å². The number of carbonyl (C=O) groups is 1. The molecule has 0 bridgehead atoms. The van der Waals surface area contributed by atoms with Crippen molar-refractivity contribution >= 4 is 11.6 Å². The van der Waals surface area contributed by atoms with Crippen LogP contribution in [0.3, 0.4) is 0 Å². The Balaban J connectivity index is 1.92. The topological polar surface area (TPSA) is 45.5 Å².